The van der Waals surface area contributed by atoms with Gasteiger partial charge in [0.15, 0.2) is 0 Å². The van der Waals surface area contributed by atoms with Crippen molar-refractivity contribution < 1.29 is 0 Å². The van der Waals surface area contributed by atoms with Gasteiger partial charge in [0.2, 0.25) is 0 Å². The summed E-state index contributed by atoms with van der Waals surface area (Å²) in [6.45, 7) is 0. The lowest BCUT2D eigenvalue weighted by molar-refractivity contribution is 1.63. The maximum atomic E-state index is 2.51. The fourth-order valence-corrected chi connectivity index (χ4v) is 22.1. The molecule has 0 nitrogen and oxygen atoms in total. The van der Waals surface area contributed by atoms with E-state index in [0.29, 0.717) is 0 Å². The topological polar surface area (TPSA) is 0 Å². The Hall–Kier alpha value is -11.6. The van der Waals surface area contributed by atoms with Gasteiger partial charge in [0.25, 0.3) is 0 Å². The molecule has 4 heterocycles. The van der Waals surface area contributed by atoms with Crippen LogP contribution in [0, 0.1) is 0 Å². The third-order valence-corrected chi connectivity index (χ3v) is 26.0. The van der Waals surface area contributed by atoms with Crippen LogP contribution in [-0.4, -0.2) is 0 Å². The second-order valence-electron chi connectivity index (χ2n) is 26.8. The van der Waals surface area contributed by atoms with Gasteiger partial charge in [0.05, 0.1) is 0 Å². The molecule has 18 aromatic carbocycles. The highest BCUT2D eigenvalue weighted by molar-refractivity contribution is 7.30. The molecule has 0 fully saturated rings. The third-order valence-electron chi connectivity index (χ3n) is 21.4. The van der Waals surface area contributed by atoms with Crippen molar-refractivity contribution in [2.75, 3.05) is 0 Å². The van der Waals surface area contributed by atoms with Crippen LogP contribution in [0.4, 0.5) is 0 Å². The van der Waals surface area contributed by atoms with Crippen LogP contribution in [0.2, 0.25) is 0 Å². The first-order chi connectivity index (χ1) is 49.6. The highest BCUT2D eigenvalue weighted by Crippen LogP contribution is 2.54. The van der Waals surface area contributed by atoms with Crippen molar-refractivity contribution in [3.8, 4) is 77.9 Å². The fourth-order valence-electron chi connectivity index (χ4n) is 17.0. The summed E-state index contributed by atoms with van der Waals surface area (Å²) in [6.07, 6.45) is 0. The third kappa shape index (κ3) is 8.43. The molecule has 462 valence electrons. The summed E-state index contributed by atoms with van der Waals surface area (Å²) in [7, 11) is 0. The Balaban J connectivity index is 0.673. The van der Waals surface area contributed by atoms with Crippen LogP contribution >= 0.6 is 45.3 Å². The summed E-state index contributed by atoms with van der Waals surface area (Å²) in [5.74, 6) is 0. The minimum atomic E-state index is 1.20. The van der Waals surface area contributed by atoms with Crippen molar-refractivity contribution in [1.29, 1.82) is 0 Å². The highest BCUT2D eigenvalue weighted by Gasteiger charge is 2.25. The van der Waals surface area contributed by atoms with Crippen LogP contribution in [-0.2, 0) is 0 Å². The SMILES string of the molecule is c1ccc(-c2c3ccccc3c(-c3cccc(-c4cc5sc6c7ccccc7ccc6c5c5sc6cc(-c7ccc(-c8c9ccccc9c(-c9cccc(-c%10cc%11sc%12cc%13ccccc%13cc%12c%11c%11c%10sc%10ccccc%10%11)c9)c9ccccc89)cc7)ccc6c45)c3)c3ccccc23)cc1. The standard InChI is InChI=1S/C96H54S4/c1-2-21-57(22-3-1)86-67-30-8-12-34-71(67)88(72-35-13-9-31-68(72)86)64-27-18-25-62(48-64)78-53-85-92(77-47-44-56-20-6-7-29-66(56)94(77)100-85)96-90(78)76-46-45-61(52-82(76)99-96)55-40-42-58(43-41-55)87-69-32-10-14-36-73(69)89(74-37-15-11-33-70(74)87)65-28-19-26-63(49-65)79-54-84-91(93-75-38-16-17-39-81(75)98-95(79)93)80-50-59-23-4-5-24-60(59)51-83(80)97-84/h1-54H. The Kier molecular flexibility index (Phi) is 12.4. The van der Waals surface area contributed by atoms with Crippen LogP contribution in [0.15, 0.2) is 328 Å². The molecule has 0 bridgehead atoms. The Labute approximate surface area is 591 Å². The smallest absolute Gasteiger partial charge is 0.0454 e. The summed E-state index contributed by atoms with van der Waals surface area (Å²) >= 11 is 7.73. The number of hydrogen-bond donors (Lipinski definition) is 0. The lowest BCUT2D eigenvalue weighted by Crippen LogP contribution is -1.91. The lowest BCUT2D eigenvalue weighted by atomic mass is 9.85. The van der Waals surface area contributed by atoms with Gasteiger partial charge >= 0.3 is 0 Å². The first-order valence-electron chi connectivity index (χ1n) is 34.3. The summed E-state index contributed by atoms with van der Waals surface area (Å²) in [5, 5.41) is 25.9. The second-order valence-corrected chi connectivity index (χ2v) is 31.0. The average Bonchev–Trinajstić information content (AvgIpc) is 1.46. The van der Waals surface area contributed by atoms with Gasteiger partial charge in [-0.05, 0) is 185 Å². The molecule has 0 saturated heterocycles. The quantitative estimate of drug-likeness (QED) is 0.140. The minimum Gasteiger partial charge on any atom is -0.135 e. The van der Waals surface area contributed by atoms with Crippen molar-refractivity contribution in [2.45, 2.75) is 0 Å². The number of rotatable bonds is 7. The highest BCUT2D eigenvalue weighted by atomic mass is 32.1. The summed E-state index contributed by atoms with van der Waals surface area (Å²) < 4.78 is 10.6. The Morgan fingerprint density at radius 2 is 0.570 bits per heavy atom. The van der Waals surface area contributed by atoms with Crippen molar-refractivity contribution in [2.24, 2.45) is 0 Å². The molecule has 22 aromatic rings. The monoisotopic (exact) mass is 1330 g/mol. The molecular weight excluding hydrogens is 1280 g/mol. The first kappa shape index (κ1) is 56.4. The van der Waals surface area contributed by atoms with Crippen LogP contribution in [0.1, 0.15) is 0 Å². The van der Waals surface area contributed by atoms with Gasteiger partial charge < -0.3 is 0 Å². The number of hydrogen-bond acceptors (Lipinski definition) is 4. The number of benzene rings is 18. The number of thiophene rings is 4. The predicted molar refractivity (Wildman–Crippen MR) is 441 cm³/mol. The largest absolute Gasteiger partial charge is 0.135 e. The Morgan fingerprint density at radius 1 is 0.150 bits per heavy atom. The van der Waals surface area contributed by atoms with Gasteiger partial charge in [-0.25, -0.2) is 0 Å². The molecule has 0 atom stereocenters. The fraction of sp³-hybridized carbons (Fsp3) is 0. The van der Waals surface area contributed by atoms with E-state index in [9.17, 15) is 0 Å². The normalized spacial score (nSPS) is 12.2. The van der Waals surface area contributed by atoms with E-state index in [0.717, 1.165) is 0 Å². The van der Waals surface area contributed by atoms with Gasteiger partial charge in [-0.2, -0.15) is 0 Å². The molecule has 0 unspecified atom stereocenters. The zero-order valence-electron chi connectivity index (χ0n) is 53.8. The van der Waals surface area contributed by atoms with E-state index >= 15 is 0 Å². The molecule has 0 amide bonds. The van der Waals surface area contributed by atoms with Crippen molar-refractivity contribution >= 4 is 191 Å². The summed E-state index contributed by atoms with van der Waals surface area (Å²) in [6, 6.07) is 124. The molecule has 0 aliphatic rings. The molecule has 0 N–H and O–H groups in total. The van der Waals surface area contributed by atoms with Crippen LogP contribution < -0.4 is 0 Å². The maximum absolute atomic E-state index is 2.51. The maximum Gasteiger partial charge on any atom is 0.0454 e. The van der Waals surface area contributed by atoms with Crippen LogP contribution in [0.3, 0.4) is 0 Å². The van der Waals surface area contributed by atoms with Crippen LogP contribution in [0.25, 0.3) is 223 Å². The van der Waals surface area contributed by atoms with E-state index in [1.165, 1.54) is 223 Å². The van der Waals surface area contributed by atoms with E-state index in [4.69, 9.17) is 0 Å². The molecular formula is C96H54S4. The summed E-state index contributed by atoms with van der Waals surface area (Å²) in [4.78, 5) is 0. The molecule has 0 aliphatic carbocycles. The average molecular weight is 1340 g/mol. The minimum absolute atomic E-state index is 1.20. The zero-order valence-corrected chi connectivity index (χ0v) is 57.1. The molecule has 0 radical (unpaired) electrons. The second kappa shape index (κ2) is 22.0. The van der Waals surface area contributed by atoms with E-state index in [2.05, 4.69) is 328 Å². The number of fused-ring (bicyclic) bond motifs is 21. The van der Waals surface area contributed by atoms with Gasteiger partial charge in [-0.1, -0.05) is 279 Å². The van der Waals surface area contributed by atoms with Gasteiger partial charge in [0.1, 0.15) is 0 Å². The van der Waals surface area contributed by atoms with Gasteiger partial charge in [-0.3, -0.25) is 0 Å². The molecule has 22 rings (SSSR count). The molecule has 0 aliphatic heterocycles. The Bertz CT molecular complexity index is 7140. The molecule has 0 spiro atoms. The lowest BCUT2D eigenvalue weighted by Gasteiger charge is -2.18. The van der Waals surface area contributed by atoms with E-state index < -0.39 is 0 Å². The molecule has 4 aromatic heterocycles. The molecule has 4 heteroatoms. The zero-order chi connectivity index (χ0) is 65.3. The first-order valence-corrected chi connectivity index (χ1v) is 37.5. The predicted octanol–water partition coefficient (Wildman–Crippen LogP) is 29.7. The van der Waals surface area contributed by atoms with E-state index in [1.807, 2.05) is 45.3 Å². The van der Waals surface area contributed by atoms with Crippen molar-refractivity contribution in [1.82, 2.24) is 0 Å². The van der Waals surface area contributed by atoms with Crippen LogP contribution in [0.5, 0.6) is 0 Å². The molecule has 0 saturated carbocycles. The molecule has 100 heavy (non-hydrogen) atoms. The van der Waals surface area contributed by atoms with Gasteiger partial charge in [-0.15, -0.1) is 45.3 Å². The van der Waals surface area contributed by atoms with Gasteiger partial charge in [0, 0.05) is 86.3 Å². The van der Waals surface area contributed by atoms with E-state index in [1.54, 1.807) is 0 Å². The Morgan fingerprint density at radius 3 is 1.20 bits per heavy atom. The van der Waals surface area contributed by atoms with Crippen molar-refractivity contribution in [3.05, 3.63) is 328 Å². The van der Waals surface area contributed by atoms with E-state index in [-0.39, 0.29) is 0 Å². The summed E-state index contributed by atoms with van der Waals surface area (Å²) in [5.41, 5.74) is 17.4. The van der Waals surface area contributed by atoms with Crippen molar-refractivity contribution in [3.63, 3.8) is 0 Å².